The highest BCUT2D eigenvalue weighted by Gasteiger charge is 2.45. The third-order valence-corrected chi connectivity index (χ3v) is 5.93. The fraction of sp³-hybridized carbons (Fsp3) is 1.00. The van der Waals surface area contributed by atoms with Crippen molar-refractivity contribution in [1.29, 1.82) is 0 Å². The average molecular weight is 257 g/mol. The van der Waals surface area contributed by atoms with Gasteiger partial charge in [-0.2, -0.15) is 0 Å². The van der Waals surface area contributed by atoms with E-state index in [0.717, 1.165) is 28.5 Å². The second kappa shape index (κ2) is 3.81. The number of alkyl halides is 1. The van der Waals surface area contributed by atoms with E-state index in [-0.39, 0.29) is 0 Å². The van der Waals surface area contributed by atoms with Crippen LogP contribution in [-0.2, 0) is 0 Å². The van der Waals surface area contributed by atoms with Gasteiger partial charge in [-0.3, -0.25) is 0 Å². The molecule has 5 unspecified atom stereocenters. The molecule has 1 heteroatoms. The van der Waals surface area contributed by atoms with Crippen LogP contribution >= 0.6 is 15.9 Å². The Bertz CT molecular complexity index is 213. The van der Waals surface area contributed by atoms with Crippen molar-refractivity contribution in [3.05, 3.63) is 0 Å². The van der Waals surface area contributed by atoms with Gasteiger partial charge in [0.25, 0.3) is 0 Å². The van der Waals surface area contributed by atoms with Crippen LogP contribution in [0.1, 0.15) is 51.4 Å². The largest absolute Gasteiger partial charge is 0.0891 e. The van der Waals surface area contributed by atoms with E-state index in [1.807, 2.05) is 0 Å². The average Bonchev–Trinajstić information content (AvgIpc) is 2.54. The fourth-order valence-electron chi connectivity index (χ4n) is 4.55. The predicted octanol–water partition coefficient (Wildman–Crippen LogP) is 4.38. The molecule has 0 aromatic heterocycles. The van der Waals surface area contributed by atoms with Gasteiger partial charge in [0.2, 0.25) is 0 Å². The Kier molecular flexibility index (Phi) is 2.64. The van der Waals surface area contributed by atoms with E-state index < -0.39 is 0 Å². The molecule has 0 aliphatic heterocycles. The Morgan fingerprint density at radius 3 is 2.43 bits per heavy atom. The first-order valence-electron chi connectivity index (χ1n) is 6.48. The summed E-state index contributed by atoms with van der Waals surface area (Å²) in [4.78, 5) is 0.851. The minimum atomic E-state index is 0.851. The van der Waals surface area contributed by atoms with Gasteiger partial charge in [0, 0.05) is 4.83 Å². The molecule has 0 nitrogen and oxygen atoms in total. The molecule has 0 aromatic rings. The summed E-state index contributed by atoms with van der Waals surface area (Å²) in [6.45, 7) is 0. The second-order valence-corrected chi connectivity index (χ2v) is 7.07. The molecule has 0 radical (unpaired) electrons. The number of halogens is 1. The Morgan fingerprint density at radius 2 is 1.50 bits per heavy atom. The third kappa shape index (κ3) is 1.56. The molecule has 3 fully saturated rings. The number of rotatable bonds is 0. The molecule has 0 amide bonds. The molecule has 0 saturated heterocycles. The summed E-state index contributed by atoms with van der Waals surface area (Å²) in [6.07, 6.45) is 12.2. The first-order chi connectivity index (χ1) is 6.84. The maximum atomic E-state index is 3.82. The number of hydrogen-bond donors (Lipinski definition) is 0. The highest BCUT2D eigenvalue weighted by Crippen LogP contribution is 2.54. The highest BCUT2D eigenvalue weighted by atomic mass is 79.9. The molecule has 5 atom stereocenters. The van der Waals surface area contributed by atoms with Crippen molar-refractivity contribution in [1.82, 2.24) is 0 Å². The smallest absolute Gasteiger partial charge is 0.0148 e. The Balaban J connectivity index is 1.74. The zero-order valence-corrected chi connectivity index (χ0v) is 10.5. The molecule has 0 bridgehead atoms. The van der Waals surface area contributed by atoms with Crippen LogP contribution in [-0.4, -0.2) is 4.83 Å². The van der Waals surface area contributed by atoms with Crippen molar-refractivity contribution in [2.45, 2.75) is 56.2 Å². The van der Waals surface area contributed by atoms with Gasteiger partial charge in [0.15, 0.2) is 0 Å². The van der Waals surface area contributed by atoms with E-state index in [9.17, 15) is 0 Å². The van der Waals surface area contributed by atoms with Crippen molar-refractivity contribution in [2.24, 2.45) is 23.7 Å². The summed E-state index contributed by atoms with van der Waals surface area (Å²) in [7, 11) is 0. The van der Waals surface area contributed by atoms with Crippen LogP contribution in [0, 0.1) is 23.7 Å². The lowest BCUT2D eigenvalue weighted by Gasteiger charge is -2.34. The first kappa shape index (κ1) is 9.69. The standard InChI is InChI=1S/C13H21Br/c14-11-5-6-13-10(8-11)7-9-3-1-2-4-12(9)13/h9-13H,1-8H2. The summed E-state index contributed by atoms with van der Waals surface area (Å²) < 4.78 is 0. The minimum Gasteiger partial charge on any atom is -0.0891 e. The highest BCUT2D eigenvalue weighted by molar-refractivity contribution is 9.09. The SMILES string of the molecule is BrC1CCC2C(C1)CC1CCCCC12. The van der Waals surface area contributed by atoms with E-state index in [1.54, 1.807) is 19.3 Å². The van der Waals surface area contributed by atoms with E-state index in [0.29, 0.717) is 0 Å². The lowest BCUT2D eigenvalue weighted by atomic mass is 9.73. The molecule has 3 aliphatic carbocycles. The molecule has 80 valence electrons. The maximum absolute atomic E-state index is 3.82. The molecule has 0 spiro atoms. The summed E-state index contributed by atoms with van der Waals surface area (Å²) in [6, 6.07) is 0. The monoisotopic (exact) mass is 256 g/mol. The van der Waals surface area contributed by atoms with Crippen molar-refractivity contribution in [3.63, 3.8) is 0 Å². The molecular weight excluding hydrogens is 236 g/mol. The van der Waals surface area contributed by atoms with Crippen molar-refractivity contribution >= 4 is 15.9 Å². The summed E-state index contributed by atoms with van der Waals surface area (Å²) in [5, 5.41) is 0. The van der Waals surface area contributed by atoms with Crippen LogP contribution in [0.15, 0.2) is 0 Å². The molecule has 3 aliphatic rings. The molecular formula is C13H21Br. The fourth-order valence-corrected chi connectivity index (χ4v) is 5.29. The van der Waals surface area contributed by atoms with E-state index in [2.05, 4.69) is 15.9 Å². The quantitative estimate of drug-likeness (QED) is 0.565. The third-order valence-electron chi connectivity index (χ3n) is 5.10. The lowest BCUT2D eigenvalue weighted by molar-refractivity contribution is 0.187. The van der Waals surface area contributed by atoms with Gasteiger partial charge < -0.3 is 0 Å². The number of fused-ring (bicyclic) bond motifs is 3. The molecule has 0 heterocycles. The Morgan fingerprint density at radius 1 is 0.714 bits per heavy atom. The van der Waals surface area contributed by atoms with Gasteiger partial charge in [-0.15, -0.1) is 0 Å². The normalized spacial score (nSPS) is 52.5. The van der Waals surface area contributed by atoms with Gasteiger partial charge in [-0.25, -0.2) is 0 Å². The molecule has 14 heavy (non-hydrogen) atoms. The zero-order chi connectivity index (χ0) is 9.54. The Labute approximate surface area is 96.0 Å². The van der Waals surface area contributed by atoms with Crippen molar-refractivity contribution < 1.29 is 0 Å². The van der Waals surface area contributed by atoms with Crippen LogP contribution in [0.5, 0.6) is 0 Å². The Hall–Kier alpha value is 0.480. The molecule has 3 rings (SSSR count). The zero-order valence-electron chi connectivity index (χ0n) is 8.92. The predicted molar refractivity (Wildman–Crippen MR) is 63.6 cm³/mol. The lowest BCUT2D eigenvalue weighted by Crippen LogP contribution is -2.26. The molecule has 0 N–H and O–H groups in total. The maximum Gasteiger partial charge on any atom is 0.0148 e. The van der Waals surface area contributed by atoms with Crippen LogP contribution in [0.3, 0.4) is 0 Å². The topological polar surface area (TPSA) is 0 Å². The van der Waals surface area contributed by atoms with Crippen LogP contribution in [0.25, 0.3) is 0 Å². The van der Waals surface area contributed by atoms with Gasteiger partial charge in [0.1, 0.15) is 0 Å². The van der Waals surface area contributed by atoms with Gasteiger partial charge in [0.05, 0.1) is 0 Å². The summed E-state index contributed by atoms with van der Waals surface area (Å²) in [5.41, 5.74) is 0. The second-order valence-electron chi connectivity index (χ2n) is 5.78. The summed E-state index contributed by atoms with van der Waals surface area (Å²) in [5.74, 6) is 4.51. The van der Waals surface area contributed by atoms with Crippen LogP contribution in [0.4, 0.5) is 0 Å². The minimum absolute atomic E-state index is 0.851. The molecule has 0 aromatic carbocycles. The van der Waals surface area contributed by atoms with Gasteiger partial charge in [-0.05, 0) is 55.8 Å². The van der Waals surface area contributed by atoms with Gasteiger partial charge in [-0.1, -0.05) is 35.2 Å². The van der Waals surface area contributed by atoms with E-state index in [4.69, 9.17) is 0 Å². The van der Waals surface area contributed by atoms with Crippen LogP contribution in [0.2, 0.25) is 0 Å². The van der Waals surface area contributed by atoms with Crippen molar-refractivity contribution in [2.75, 3.05) is 0 Å². The number of hydrogen-bond acceptors (Lipinski definition) is 0. The van der Waals surface area contributed by atoms with Crippen molar-refractivity contribution in [3.8, 4) is 0 Å². The van der Waals surface area contributed by atoms with E-state index >= 15 is 0 Å². The first-order valence-corrected chi connectivity index (χ1v) is 7.40. The summed E-state index contributed by atoms with van der Waals surface area (Å²) >= 11 is 3.82. The van der Waals surface area contributed by atoms with Crippen LogP contribution < -0.4 is 0 Å². The van der Waals surface area contributed by atoms with E-state index in [1.165, 1.54) is 32.1 Å². The van der Waals surface area contributed by atoms with Gasteiger partial charge >= 0.3 is 0 Å². The molecule has 3 saturated carbocycles.